The average Bonchev–Trinajstić information content (AvgIpc) is 3.26. The summed E-state index contributed by atoms with van der Waals surface area (Å²) < 4.78 is 18.1. The zero-order valence-corrected chi connectivity index (χ0v) is 17.9. The van der Waals surface area contributed by atoms with Gasteiger partial charge < -0.3 is 19.1 Å². The van der Waals surface area contributed by atoms with Crippen LogP contribution in [-0.2, 0) is 4.79 Å². The molecule has 0 atom stereocenters. The van der Waals surface area contributed by atoms with Crippen LogP contribution in [-0.4, -0.2) is 59.8 Å². The largest absolute Gasteiger partial charge is 0.493 e. The van der Waals surface area contributed by atoms with Crippen LogP contribution < -0.4 is 14.2 Å². The molecular weight excluding hydrogens is 396 g/mol. The standard InChI is InChI=1S/C23H26N4O4/c1-29-18-14-16(15-19(30-2)22(18)31-3)7-8-21(28)26-12-9-17(10-13-26)23-25-24-20-6-4-5-11-27(20)23/h4-8,11,14-15,17H,9-10,12-13H2,1-3H3. The predicted octanol–water partition coefficient (Wildman–Crippen LogP) is 3.17. The third kappa shape index (κ3) is 4.19. The van der Waals surface area contributed by atoms with Crippen LogP contribution in [0.2, 0.25) is 0 Å². The number of methoxy groups -OCH3 is 3. The third-order valence-electron chi connectivity index (χ3n) is 5.62. The van der Waals surface area contributed by atoms with E-state index in [-0.39, 0.29) is 5.91 Å². The number of piperidine rings is 1. The molecule has 3 heterocycles. The van der Waals surface area contributed by atoms with Gasteiger partial charge in [-0.3, -0.25) is 9.20 Å². The summed E-state index contributed by atoms with van der Waals surface area (Å²) in [5.74, 6) is 2.87. The maximum atomic E-state index is 12.7. The number of amides is 1. The van der Waals surface area contributed by atoms with Gasteiger partial charge in [0.25, 0.3) is 0 Å². The normalized spacial score (nSPS) is 14.9. The van der Waals surface area contributed by atoms with Crippen molar-refractivity contribution in [1.82, 2.24) is 19.5 Å². The van der Waals surface area contributed by atoms with Gasteiger partial charge in [0.15, 0.2) is 17.1 Å². The fourth-order valence-electron chi connectivity index (χ4n) is 3.97. The number of fused-ring (bicyclic) bond motifs is 1. The Labute approximate surface area is 181 Å². The van der Waals surface area contributed by atoms with E-state index in [1.54, 1.807) is 33.5 Å². The molecule has 162 valence electrons. The lowest BCUT2D eigenvalue weighted by molar-refractivity contribution is -0.127. The second kappa shape index (κ2) is 9.07. The fourth-order valence-corrected chi connectivity index (χ4v) is 3.97. The molecule has 0 unspecified atom stereocenters. The zero-order chi connectivity index (χ0) is 21.8. The molecule has 0 radical (unpaired) electrons. The topological polar surface area (TPSA) is 78.2 Å². The molecule has 31 heavy (non-hydrogen) atoms. The number of pyridine rings is 1. The Kier molecular flexibility index (Phi) is 6.06. The summed E-state index contributed by atoms with van der Waals surface area (Å²) >= 11 is 0. The van der Waals surface area contributed by atoms with Crippen molar-refractivity contribution in [2.45, 2.75) is 18.8 Å². The Morgan fingerprint density at radius 3 is 2.39 bits per heavy atom. The van der Waals surface area contributed by atoms with Crippen LogP contribution in [0, 0.1) is 0 Å². The highest BCUT2D eigenvalue weighted by atomic mass is 16.5. The summed E-state index contributed by atoms with van der Waals surface area (Å²) in [5, 5.41) is 8.62. The summed E-state index contributed by atoms with van der Waals surface area (Å²) in [6, 6.07) is 9.51. The molecule has 1 aliphatic heterocycles. The SMILES string of the molecule is COc1cc(C=CC(=O)N2CCC(c3nnc4ccccn34)CC2)cc(OC)c1OC. The number of nitrogens with zero attached hydrogens (tertiary/aromatic N) is 4. The van der Waals surface area contributed by atoms with E-state index in [4.69, 9.17) is 14.2 Å². The van der Waals surface area contributed by atoms with Crippen LogP contribution in [0.15, 0.2) is 42.6 Å². The lowest BCUT2D eigenvalue weighted by atomic mass is 9.96. The highest BCUT2D eigenvalue weighted by molar-refractivity contribution is 5.92. The fraction of sp³-hybridized carbons (Fsp3) is 0.348. The molecule has 0 aliphatic carbocycles. The first kappa shape index (κ1) is 20.7. The zero-order valence-electron chi connectivity index (χ0n) is 17.9. The molecule has 4 rings (SSSR count). The molecule has 2 aromatic heterocycles. The van der Waals surface area contributed by atoms with E-state index >= 15 is 0 Å². The summed E-state index contributed by atoms with van der Waals surface area (Å²) in [4.78, 5) is 14.6. The number of hydrogen-bond donors (Lipinski definition) is 0. The van der Waals surface area contributed by atoms with Crippen LogP contribution in [0.1, 0.15) is 30.1 Å². The Bertz CT molecular complexity index is 1070. The van der Waals surface area contributed by atoms with Crippen molar-refractivity contribution in [3.63, 3.8) is 0 Å². The number of carbonyl (C=O) groups excluding carboxylic acids is 1. The molecule has 0 N–H and O–H groups in total. The lowest BCUT2D eigenvalue weighted by Gasteiger charge is -2.30. The van der Waals surface area contributed by atoms with E-state index < -0.39 is 0 Å². The highest BCUT2D eigenvalue weighted by Gasteiger charge is 2.26. The number of likely N-dealkylation sites (tertiary alicyclic amines) is 1. The minimum Gasteiger partial charge on any atom is -0.493 e. The third-order valence-corrected chi connectivity index (χ3v) is 5.62. The number of benzene rings is 1. The van der Waals surface area contributed by atoms with Crippen molar-refractivity contribution in [2.24, 2.45) is 0 Å². The number of ether oxygens (including phenoxy) is 3. The first-order valence-electron chi connectivity index (χ1n) is 10.2. The van der Waals surface area contributed by atoms with E-state index in [1.807, 2.05) is 45.8 Å². The minimum absolute atomic E-state index is 0.0155. The van der Waals surface area contributed by atoms with Crippen LogP contribution in [0.25, 0.3) is 11.7 Å². The minimum atomic E-state index is -0.0155. The van der Waals surface area contributed by atoms with Crippen LogP contribution in [0.4, 0.5) is 0 Å². The molecule has 1 fully saturated rings. The van der Waals surface area contributed by atoms with E-state index in [0.29, 0.717) is 36.3 Å². The molecule has 0 saturated carbocycles. The predicted molar refractivity (Wildman–Crippen MR) is 117 cm³/mol. The van der Waals surface area contributed by atoms with Gasteiger partial charge in [0, 0.05) is 31.3 Å². The molecule has 8 nitrogen and oxygen atoms in total. The van der Waals surface area contributed by atoms with Crippen LogP contribution >= 0.6 is 0 Å². The molecule has 0 bridgehead atoms. The van der Waals surface area contributed by atoms with Crippen molar-refractivity contribution in [2.75, 3.05) is 34.4 Å². The smallest absolute Gasteiger partial charge is 0.246 e. The Hall–Kier alpha value is -3.55. The first-order valence-corrected chi connectivity index (χ1v) is 10.2. The van der Waals surface area contributed by atoms with Gasteiger partial charge in [-0.05, 0) is 48.7 Å². The lowest BCUT2D eigenvalue weighted by Crippen LogP contribution is -2.37. The summed E-state index contributed by atoms with van der Waals surface area (Å²) in [6.45, 7) is 1.37. The van der Waals surface area contributed by atoms with Crippen molar-refractivity contribution in [1.29, 1.82) is 0 Å². The van der Waals surface area contributed by atoms with Crippen LogP contribution in [0.3, 0.4) is 0 Å². The van der Waals surface area contributed by atoms with Gasteiger partial charge in [-0.25, -0.2) is 0 Å². The molecule has 8 heteroatoms. The van der Waals surface area contributed by atoms with Crippen molar-refractivity contribution >= 4 is 17.6 Å². The monoisotopic (exact) mass is 422 g/mol. The Morgan fingerprint density at radius 1 is 1.03 bits per heavy atom. The van der Waals surface area contributed by atoms with Gasteiger partial charge in [-0.2, -0.15) is 0 Å². The van der Waals surface area contributed by atoms with Crippen molar-refractivity contribution < 1.29 is 19.0 Å². The summed E-state index contributed by atoms with van der Waals surface area (Å²) in [6.07, 6.45) is 7.07. The molecule has 0 spiro atoms. The molecule has 1 amide bonds. The number of hydrogen-bond acceptors (Lipinski definition) is 6. The first-order chi connectivity index (χ1) is 15.1. The van der Waals surface area contributed by atoms with Crippen molar-refractivity contribution in [3.8, 4) is 17.2 Å². The molecule has 3 aromatic rings. The maximum absolute atomic E-state index is 12.7. The summed E-state index contributed by atoms with van der Waals surface area (Å²) in [7, 11) is 4.70. The maximum Gasteiger partial charge on any atom is 0.246 e. The molecular formula is C23H26N4O4. The molecule has 1 aliphatic rings. The Balaban J connectivity index is 1.42. The van der Waals surface area contributed by atoms with Gasteiger partial charge in [0.05, 0.1) is 21.3 Å². The van der Waals surface area contributed by atoms with Gasteiger partial charge in [0.2, 0.25) is 11.7 Å². The van der Waals surface area contributed by atoms with Gasteiger partial charge in [0.1, 0.15) is 5.82 Å². The van der Waals surface area contributed by atoms with Gasteiger partial charge in [-0.15, -0.1) is 10.2 Å². The van der Waals surface area contributed by atoms with Gasteiger partial charge >= 0.3 is 0 Å². The van der Waals surface area contributed by atoms with E-state index in [1.165, 1.54) is 0 Å². The van der Waals surface area contributed by atoms with E-state index in [0.717, 1.165) is 29.9 Å². The van der Waals surface area contributed by atoms with E-state index in [9.17, 15) is 4.79 Å². The average molecular weight is 422 g/mol. The second-order valence-electron chi connectivity index (χ2n) is 7.38. The van der Waals surface area contributed by atoms with Crippen LogP contribution in [0.5, 0.6) is 17.2 Å². The number of aromatic nitrogens is 3. The molecule has 1 saturated heterocycles. The van der Waals surface area contributed by atoms with Gasteiger partial charge in [-0.1, -0.05) is 6.07 Å². The van der Waals surface area contributed by atoms with Crippen molar-refractivity contribution in [3.05, 3.63) is 54.0 Å². The highest BCUT2D eigenvalue weighted by Crippen LogP contribution is 2.38. The van der Waals surface area contributed by atoms with E-state index in [2.05, 4.69) is 10.2 Å². The number of carbonyl (C=O) groups is 1. The summed E-state index contributed by atoms with van der Waals surface area (Å²) in [5.41, 5.74) is 1.65. The Morgan fingerprint density at radius 2 is 1.74 bits per heavy atom. The quantitative estimate of drug-likeness (QED) is 0.568. The molecule has 1 aromatic carbocycles. The second-order valence-corrected chi connectivity index (χ2v) is 7.38. The number of rotatable bonds is 6.